The van der Waals surface area contributed by atoms with Gasteiger partial charge in [-0.3, -0.25) is 19.5 Å². The van der Waals surface area contributed by atoms with E-state index in [1.807, 2.05) is 38.1 Å². The fourth-order valence-electron chi connectivity index (χ4n) is 3.62. The molecule has 0 atom stereocenters. The summed E-state index contributed by atoms with van der Waals surface area (Å²) < 4.78 is 5.30. The first kappa shape index (κ1) is 21.0. The first-order chi connectivity index (χ1) is 15.0. The Bertz CT molecular complexity index is 1110. The fraction of sp³-hybridized carbons (Fsp3) is 0.292. The van der Waals surface area contributed by atoms with Crippen LogP contribution < -0.4 is 10.6 Å². The lowest BCUT2D eigenvalue weighted by molar-refractivity contribution is -0.118. The number of carbonyl (C=O) groups excluding carboxylic acids is 2. The Morgan fingerprint density at radius 3 is 2.35 bits per heavy atom. The van der Waals surface area contributed by atoms with Crippen LogP contribution in [0.3, 0.4) is 0 Å². The number of aryl methyl sites for hydroxylation is 2. The van der Waals surface area contributed by atoms with Crippen LogP contribution in [0.4, 0.5) is 11.4 Å². The third kappa shape index (κ3) is 5.25. The molecule has 160 valence electrons. The van der Waals surface area contributed by atoms with Crippen LogP contribution in [0.5, 0.6) is 0 Å². The van der Waals surface area contributed by atoms with Crippen molar-refractivity contribution in [2.75, 3.05) is 43.5 Å². The number of morpholine rings is 1. The van der Waals surface area contributed by atoms with Crippen molar-refractivity contribution in [2.24, 2.45) is 0 Å². The summed E-state index contributed by atoms with van der Waals surface area (Å²) in [6, 6.07) is 15.0. The highest BCUT2D eigenvalue weighted by atomic mass is 16.5. The number of rotatable bonds is 5. The second kappa shape index (κ2) is 9.24. The van der Waals surface area contributed by atoms with Gasteiger partial charge in [0.25, 0.3) is 5.91 Å². The summed E-state index contributed by atoms with van der Waals surface area (Å²) in [6.07, 6.45) is 0. The molecule has 1 aliphatic heterocycles. The van der Waals surface area contributed by atoms with Crippen LogP contribution in [0.1, 0.15) is 21.6 Å². The molecule has 0 aliphatic carbocycles. The minimum Gasteiger partial charge on any atom is -0.379 e. The van der Waals surface area contributed by atoms with Crippen LogP contribution in [-0.4, -0.2) is 54.5 Å². The molecule has 2 N–H and O–H groups in total. The average Bonchev–Trinajstić information content (AvgIpc) is 2.75. The van der Waals surface area contributed by atoms with Gasteiger partial charge >= 0.3 is 0 Å². The van der Waals surface area contributed by atoms with Gasteiger partial charge in [-0.1, -0.05) is 11.6 Å². The molecule has 7 nitrogen and oxygen atoms in total. The second-order valence-electron chi connectivity index (χ2n) is 7.79. The topological polar surface area (TPSA) is 83.6 Å². The van der Waals surface area contributed by atoms with E-state index < -0.39 is 0 Å². The van der Waals surface area contributed by atoms with E-state index >= 15 is 0 Å². The highest BCUT2D eigenvalue weighted by Gasteiger charge is 2.15. The maximum absolute atomic E-state index is 12.8. The molecule has 31 heavy (non-hydrogen) atoms. The number of pyridine rings is 1. The van der Waals surface area contributed by atoms with Gasteiger partial charge in [0.05, 0.1) is 36.5 Å². The number of ether oxygens (including phenoxy) is 1. The van der Waals surface area contributed by atoms with E-state index in [2.05, 4.69) is 20.5 Å². The van der Waals surface area contributed by atoms with Crippen LogP contribution in [0.25, 0.3) is 10.9 Å². The predicted octanol–water partition coefficient (Wildman–Crippen LogP) is 3.37. The van der Waals surface area contributed by atoms with Crippen LogP contribution >= 0.6 is 0 Å². The summed E-state index contributed by atoms with van der Waals surface area (Å²) in [7, 11) is 0. The van der Waals surface area contributed by atoms with E-state index in [4.69, 9.17) is 4.74 Å². The Balaban J connectivity index is 1.39. The molecule has 4 rings (SSSR count). The van der Waals surface area contributed by atoms with E-state index in [1.165, 1.54) is 0 Å². The quantitative estimate of drug-likeness (QED) is 0.664. The van der Waals surface area contributed by atoms with Gasteiger partial charge < -0.3 is 15.4 Å². The van der Waals surface area contributed by atoms with Crippen LogP contribution in [0, 0.1) is 13.8 Å². The molecule has 0 saturated carbocycles. The summed E-state index contributed by atoms with van der Waals surface area (Å²) in [6.45, 7) is 7.04. The summed E-state index contributed by atoms with van der Waals surface area (Å²) in [5.74, 6) is -0.274. The number of nitrogens with one attached hydrogen (secondary N) is 2. The first-order valence-corrected chi connectivity index (χ1v) is 10.4. The highest BCUT2D eigenvalue weighted by Crippen LogP contribution is 2.20. The molecule has 0 spiro atoms. The summed E-state index contributed by atoms with van der Waals surface area (Å²) >= 11 is 0. The zero-order chi connectivity index (χ0) is 21.8. The zero-order valence-electron chi connectivity index (χ0n) is 17.8. The lowest BCUT2D eigenvalue weighted by Crippen LogP contribution is -2.41. The lowest BCUT2D eigenvalue weighted by Gasteiger charge is -2.25. The van der Waals surface area contributed by atoms with Crippen molar-refractivity contribution in [1.29, 1.82) is 0 Å². The fourth-order valence-corrected chi connectivity index (χ4v) is 3.62. The molecule has 1 aromatic heterocycles. The van der Waals surface area contributed by atoms with Gasteiger partial charge in [-0.15, -0.1) is 0 Å². The molecule has 0 unspecified atom stereocenters. The predicted molar refractivity (Wildman–Crippen MR) is 122 cm³/mol. The summed E-state index contributed by atoms with van der Waals surface area (Å²) in [5.41, 5.74) is 4.56. The smallest absolute Gasteiger partial charge is 0.257 e. The zero-order valence-corrected chi connectivity index (χ0v) is 17.8. The molecule has 1 fully saturated rings. The van der Waals surface area contributed by atoms with E-state index in [-0.39, 0.29) is 11.8 Å². The molecule has 1 saturated heterocycles. The molecule has 0 bridgehead atoms. The third-order valence-corrected chi connectivity index (χ3v) is 5.30. The normalized spacial score (nSPS) is 14.4. The Morgan fingerprint density at radius 1 is 0.968 bits per heavy atom. The lowest BCUT2D eigenvalue weighted by atomic mass is 10.1. The van der Waals surface area contributed by atoms with Gasteiger partial charge in [0.2, 0.25) is 5.91 Å². The molecule has 2 heterocycles. The van der Waals surface area contributed by atoms with Crippen LogP contribution in [0.2, 0.25) is 0 Å². The van der Waals surface area contributed by atoms with Gasteiger partial charge in [0.15, 0.2) is 0 Å². The molecule has 3 aromatic rings. The number of nitrogens with zero attached hydrogens (tertiary/aromatic N) is 2. The SMILES string of the molecule is Cc1ccc2nc(C)c(C(=O)Nc3ccc(NC(=O)CN4CCOCC4)cc3)cc2c1. The minimum atomic E-state index is -0.211. The maximum atomic E-state index is 12.8. The van der Waals surface area contributed by atoms with E-state index in [9.17, 15) is 9.59 Å². The summed E-state index contributed by atoms with van der Waals surface area (Å²) in [5, 5.41) is 6.74. The molecular weight excluding hydrogens is 392 g/mol. The standard InChI is InChI=1S/C24H26N4O3/c1-16-3-8-22-18(13-16)14-21(17(2)25-22)24(30)27-20-6-4-19(5-7-20)26-23(29)15-28-9-11-31-12-10-28/h3-8,13-14H,9-12,15H2,1-2H3,(H,26,29)(H,27,30). The van der Waals surface area contributed by atoms with Gasteiger partial charge in [-0.25, -0.2) is 0 Å². The van der Waals surface area contributed by atoms with Gasteiger partial charge in [0.1, 0.15) is 0 Å². The number of fused-ring (bicyclic) bond motifs is 1. The first-order valence-electron chi connectivity index (χ1n) is 10.4. The van der Waals surface area contributed by atoms with E-state index in [0.717, 1.165) is 29.6 Å². The minimum absolute atomic E-state index is 0.0631. The average molecular weight is 418 g/mol. The number of hydrogen-bond acceptors (Lipinski definition) is 5. The largest absolute Gasteiger partial charge is 0.379 e. The summed E-state index contributed by atoms with van der Waals surface area (Å²) in [4.78, 5) is 31.7. The Hall–Kier alpha value is -3.29. The number of anilines is 2. The van der Waals surface area contributed by atoms with Gasteiger partial charge in [0, 0.05) is 29.9 Å². The number of carbonyl (C=O) groups is 2. The molecule has 2 amide bonds. The maximum Gasteiger partial charge on any atom is 0.257 e. The van der Waals surface area contributed by atoms with Gasteiger partial charge in [-0.05, 0) is 56.3 Å². The Morgan fingerprint density at radius 2 is 1.65 bits per heavy atom. The second-order valence-corrected chi connectivity index (χ2v) is 7.79. The molecule has 2 aromatic carbocycles. The molecule has 7 heteroatoms. The third-order valence-electron chi connectivity index (χ3n) is 5.30. The highest BCUT2D eigenvalue weighted by molar-refractivity contribution is 6.07. The number of hydrogen-bond donors (Lipinski definition) is 2. The van der Waals surface area contributed by atoms with E-state index in [1.54, 1.807) is 24.3 Å². The molecule has 1 aliphatic rings. The van der Waals surface area contributed by atoms with Crippen molar-refractivity contribution in [3.05, 3.63) is 65.4 Å². The van der Waals surface area contributed by atoms with Crippen LogP contribution in [0.15, 0.2) is 48.5 Å². The number of amides is 2. The molecular formula is C24H26N4O3. The van der Waals surface area contributed by atoms with E-state index in [0.29, 0.717) is 42.4 Å². The van der Waals surface area contributed by atoms with Crippen molar-refractivity contribution in [1.82, 2.24) is 9.88 Å². The van der Waals surface area contributed by atoms with Crippen molar-refractivity contribution in [3.63, 3.8) is 0 Å². The van der Waals surface area contributed by atoms with Gasteiger partial charge in [-0.2, -0.15) is 0 Å². The number of benzene rings is 2. The van der Waals surface area contributed by atoms with Crippen molar-refractivity contribution in [2.45, 2.75) is 13.8 Å². The van der Waals surface area contributed by atoms with Crippen molar-refractivity contribution < 1.29 is 14.3 Å². The van der Waals surface area contributed by atoms with Crippen molar-refractivity contribution >= 4 is 34.1 Å². The number of aromatic nitrogens is 1. The Labute approximate surface area is 181 Å². The monoisotopic (exact) mass is 418 g/mol. The van der Waals surface area contributed by atoms with Crippen LogP contribution in [-0.2, 0) is 9.53 Å². The molecule has 0 radical (unpaired) electrons. The van der Waals surface area contributed by atoms with Crippen molar-refractivity contribution in [3.8, 4) is 0 Å². The Kier molecular flexibility index (Phi) is 6.25.